The normalized spacial score (nSPS) is 10.3. The first-order valence-electron chi connectivity index (χ1n) is 5.11. The zero-order valence-electron chi connectivity index (χ0n) is 9.08. The third-order valence-corrected chi connectivity index (χ3v) is 2.21. The topological polar surface area (TPSA) is 34.1 Å². The summed E-state index contributed by atoms with van der Waals surface area (Å²) < 4.78 is 5.81. The van der Waals surface area contributed by atoms with Crippen LogP contribution in [-0.4, -0.2) is 18.1 Å². The van der Waals surface area contributed by atoms with E-state index in [1.807, 2.05) is 19.2 Å². The van der Waals surface area contributed by atoms with E-state index in [0.717, 1.165) is 24.4 Å². The van der Waals surface area contributed by atoms with E-state index >= 15 is 0 Å². The molecule has 0 spiro atoms. The molecular weight excluding hydrogens is 176 g/mol. The van der Waals surface area contributed by atoms with Crippen LogP contribution < -0.4 is 10.1 Å². The number of rotatable bonds is 5. The van der Waals surface area contributed by atoms with Gasteiger partial charge in [-0.25, -0.2) is 4.98 Å². The quantitative estimate of drug-likeness (QED) is 0.782. The molecule has 1 N–H and O–H groups in total. The van der Waals surface area contributed by atoms with Crippen molar-refractivity contribution in [2.45, 2.75) is 32.8 Å². The number of ether oxygens (including phenoxy) is 1. The molecule has 78 valence electrons. The molecule has 0 aliphatic rings. The number of nitrogens with one attached hydrogen (secondary N) is 1. The van der Waals surface area contributed by atoms with Crippen LogP contribution in [0.15, 0.2) is 18.3 Å². The second kappa shape index (κ2) is 5.47. The fourth-order valence-corrected chi connectivity index (χ4v) is 1.31. The molecule has 3 heteroatoms. The van der Waals surface area contributed by atoms with Crippen LogP contribution in [0.5, 0.6) is 5.75 Å². The highest BCUT2D eigenvalue weighted by Crippen LogP contribution is 2.22. The van der Waals surface area contributed by atoms with Crippen LogP contribution in [0.1, 0.15) is 26.7 Å². The van der Waals surface area contributed by atoms with E-state index in [9.17, 15) is 0 Å². The maximum Gasteiger partial charge on any atom is 0.168 e. The molecular formula is C11H18N2O. The average Bonchev–Trinajstić information content (AvgIpc) is 2.26. The van der Waals surface area contributed by atoms with E-state index in [1.54, 1.807) is 6.20 Å². The largest absolute Gasteiger partial charge is 0.487 e. The number of pyridine rings is 1. The van der Waals surface area contributed by atoms with Gasteiger partial charge in [-0.05, 0) is 25.0 Å². The van der Waals surface area contributed by atoms with Crippen LogP contribution in [0.25, 0.3) is 0 Å². The molecule has 0 aliphatic heterocycles. The standard InChI is InChI=1S/C11H18N2O/c1-4-9(5-2)14-10-7-6-8-13-11(10)12-3/h6-9H,4-5H2,1-3H3,(H,12,13). The number of nitrogens with zero attached hydrogens (tertiary/aromatic N) is 1. The number of hydrogen-bond donors (Lipinski definition) is 1. The lowest BCUT2D eigenvalue weighted by Gasteiger charge is -2.17. The van der Waals surface area contributed by atoms with Crippen molar-refractivity contribution in [2.75, 3.05) is 12.4 Å². The summed E-state index contributed by atoms with van der Waals surface area (Å²) in [5.41, 5.74) is 0. The Morgan fingerprint density at radius 1 is 1.43 bits per heavy atom. The lowest BCUT2D eigenvalue weighted by molar-refractivity contribution is 0.193. The van der Waals surface area contributed by atoms with E-state index in [4.69, 9.17) is 4.74 Å². The van der Waals surface area contributed by atoms with Gasteiger partial charge < -0.3 is 10.1 Å². The summed E-state index contributed by atoms with van der Waals surface area (Å²) in [7, 11) is 1.85. The summed E-state index contributed by atoms with van der Waals surface area (Å²) in [5, 5.41) is 3.01. The van der Waals surface area contributed by atoms with Crippen LogP contribution in [0.2, 0.25) is 0 Å². The Hall–Kier alpha value is -1.25. The summed E-state index contributed by atoms with van der Waals surface area (Å²) in [5.74, 6) is 1.64. The fraction of sp³-hybridized carbons (Fsp3) is 0.545. The Morgan fingerprint density at radius 2 is 2.14 bits per heavy atom. The zero-order valence-corrected chi connectivity index (χ0v) is 9.08. The van der Waals surface area contributed by atoms with Crippen LogP contribution >= 0.6 is 0 Å². The van der Waals surface area contributed by atoms with Crippen molar-refractivity contribution >= 4 is 5.82 Å². The second-order valence-electron chi connectivity index (χ2n) is 3.16. The van der Waals surface area contributed by atoms with Gasteiger partial charge in [0.05, 0.1) is 6.10 Å². The smallest absolute Gasteiger partial charge is 0.168 e. The summed E-state index contributed by atoms with van der Waals surface area (Å²) in [4.78, 5) is 4.18. The van der Waals surface area contributed by atoms with Crippen molar-refractivity contribution in [1.29, 1.82) is 0 Å². The van der Waals surface area contributed by atoms with Gasteiger partial charge in [-0.15, -0.1) is 0 Å². The average molecular weight is 194 g/mol. The predicted molar refractivity (Wildman–Crippen MR) is 58.8 cm³/mol. The van der Waals surface area contributed by atoms with Gasteiger partial charge in [0.1, 0.15) is 0 Å². The first-order chi connectivity index (χ1) is 6.81. The highest BCUT2D eigenvalue weighted by Gasteiger charge is 2.08. The van der Waals surface area contributed by atoms with Crippen molar-refractivity contribution in [3.63, 3.8) is 0 Å². The summed E-state index contributed by atoms with van der Waals surface area (Å²) >= 11 is 0. The third-order valence-electron chi connectivity index (χ3n) is 2.21. The van der Waals surface area contributed by atoms with Crippen molar-refractivity contribution in [1.82, 2.24) is 4.98 Å². The summed E-state index contributed by atoms with van der Waals surface area (Å²) in [6.45, 7) is 4.26. The molecule has 0 saturated carbocycles. The molecule has 1 rings (SSSR count). The van der Waals surface area contributed by atoms with Gasteiger partial charge in [-0.1, -0.05) is 13.8 Å². The van der Waals surface area contributed by atoms with Gasteiger partial charge in [0.2, 0.25) is 0 Å². The molecule has 0 aromatic carbocycles. The first-order valence-corrected chi connectivity index (χ1v) is 5.11. The third kappa shape index (κ3) is 2.62. The molecule has 0 fully saturated rings. The number of aromatic nitrogens is 1. The van der Waals surface area contributed by atoms with E-state index in [1.165, 1.54) is 0 Å². The second-order valence-corrected chi connectivity index (χ2v) is 3.16. The maximum absolute atomic E-state index is 5.81. The monoisotopic (exact) mass is 194 g/mol. The van der Waals surface area contributed by atoms with Gasteiger partial charge in [0.15, 0.2) is 11.6 Å². The van der Waals surface area contributed by atoms with Crippen LogP contribution in [0.4, 0.5) is 5.82 Å². The molecule has 14 heavy (non-hydrogen) atoms. The first kappa shape index (κ1) is 10.8. The molecule has 3 nitrogen and oxygen atoms in total. The Kier molecular flexibility index (Phi) is 4.23. The molecule has 0 bridgehead atoms. The van der Waals surface area contributed by atoms with Crippen molar-refractivity contribution < 1.29 is 4.74 Å². The molecule has 1 aromatic heterocycles. The molecule has 0 aliphatic carbocycles. The molecule has 0 radical (unpaired) electrons. The van der Waals surface area contributed by atoms with Crippen LogP contribution in [0.3, 0.4) is 0 Å². The van der Waals surface area contributed by atoms with Gasteiger partial charge in [-0.3, -0.25) is 0 Å². The molecule has 1 aromatic rings. The van der Waals surface area contributed by atoms with E-state index in [0.29, 0.717) is 0 Å². The van der Waals surface area contributed by atoms with Crippen molar-refractivity contribution in [3.8, 4) is 5.75 Å². The maximum atomic E-state index is 5.81. The number of hydrogen-bond acceptors (Lipinski definition) is 3. The number of anilines is 1. The Bertz CT molecular complexity index is 272. The van der Waals surface area contributed by atoms with E-state index in [-0.39, 0.29) is 6.10 Å². The van der Waals surface area contributed by atoms with Gasteiger partial charge in [0.25, 0.3) is 0 Å². The van der Waals surface area contributed by atoms with Crippen molar-refractivity contribution in [3.05, 3.63) is 18.3 Å². The lowest BCUT2D eigenvalue weighted by atomic mass is 10.2. The minimum absolute atomic E-state index is 0.284. The predicted octanol–water partition coefficient (Wildman–Crippen LogP) is 2.69. The molecule has 0 atom stereocenters. The Morgan fingerprint density at radius 3 is 2.71 bits per heavy atom. The zero-order chi connectivity index (χ0) is 10.4. The summed E-state index contributed by atoms with van der Waals surface area (Å²) in [6.07, 6.45) is 4.08. The Labute approximate surface area is 85.5 Å². The minimum Gasteiger partial charge on any atom is -0.487 e. The lowest BCUT2D eigenvalue weighted by Crippen LogP contribution is -2.14. The molecule has 1 heterocycles. The highest BCUT2D eigenvalue weighted by molar-refractivity contribution is 5.48. The van der Waals surface area contributed by atoms with Crippen LogP contribution in [-0.2, 0) is 0 Å². The SMILES string of the molecule is CCC(CC)Oc1cccnc1NC. The van der Waals surface area contributed by atoms with E-state index in [2.05, 4.69) is 24.1 Å². The van der Waals surface area contributed by atoms with Gasteiger partial charge >= 0.3 is 0 Å². The molecule has 0 saturated heterocycles. The van der Waals surface area contributed by atoms with Crippen LogP contribution in [0, 0.1) is 0 Å². The van der Waals surface area contributed by atoms with E-state index < -0.39 is 0 Å². The molecule has 0 unspecified atom stereocenters. The van der Waals surface area contributed by atoms with Crippen molar-refractivity contribution in [2.24, 2.45) is 0 Å². The summed E-state index contributed by atoms with van der Waals surface area (Å²) in [6, 6.07) is 3.83. The van der Waals surface area contributed by atoms with Gasteiger partial charge in [0, 0.05) is 13.2 Å². The molecule has 0 amide bonds. The fourth-order valence-electron chi connectivity index (χ4n) is 1.31. The Balaban J connectivity index is 2.74. The highest BCUT2D eigenvalue weighted by atomic mass is 16.5. The minimum atomic E-state index is 0.284. The van der Waals surface area contributed by atoms with Gasteiger partial charge in [-0.2, -0.15) is 0 Å².